The molecule has 1 aromatic heterocycles. The van der Waals surface area contributed by atoms with E-state index in [1.165, 1.54) is 23.5 Å². The molecule has 0 unspecified atom stereocenters. The van der Waals surface area contributed by atoms with Gasteiger partial charge >= 0.3 is 0 Å². The molecule has 4 aromatic carbocycles. The first-order valence-electron chi connectivity index (χ1n) is 9.60. The van der Waals surface area contributed by atoms with Gasteiger partial charge in [0.15, 0.2) is 5.43 Å². The van der Waals surface area contributed by atoms with E-state index < -0.39 is 10.0 Å². The Balaban J connectivity index is 1.82. The lowest BCUT2D eigenvalue weighted by atomic mass is 9.98. The highest BCUT2D eigenvalue weighted by Crippen LogP contribution is 2.37. The molecule has 152 valence electrons. The minimum Gasteiger partial charge on any atom is -0.288 e. The summed E-state index contributed by atoms with van der Waals surface area (Å²) in [7, 11) is -3.79. The summed E-state index contributed by atoms with van der Waals surface area (Å²) >= 11 is 1.51. The quantitative estimate of drug-likeness (QED) is 0.406. The standard InChI is InChI=1S/C25H17NO3S2/c26-31(28,29)20-13-11-17(12-14-20)25-23(24(27)21-7-3-4-8-22(21)30-25)19-10-9-16-5-1-2-6-18(16)15-19/h1-15H,(H2,26,28,29). The first-order valence-corrected chi connectivity index (χ1v) is 12.0. The molecule has 0 radical (unpaired) electrons. The van der Waals surface area contributed by atoms with Crippen LogP contribution in [-0.2, 0) is 10.0 Å². The summed E-state index contributed by atoms with van der Waals surface area (Å²) in [5, 5.41) is 8.06. The van der Waals surface area contributed by atoms with Crippen molar-refractivity contribution in [3.63, 3.8) is 0 Å². The van der Waals surface area contributed by atoms with E-state index in [2.05, 4.69) is 0 Å². The molecular formula is C25H17NO3S2. The molecule has 0 aliphatic heterocycles. The number of sulfonamides is 1. The molecule has 0 spiro atoms. The fourth-order valence-electron chi connectivity index (χ4n) is 3.75. The minimum absolute atomic E-state index is 0.0386. The molecule has 0 fully saturated rings. The minimum atomic E-state index is -3.79. The van der Waals surface area contributed by atoms with Crippen molar-refractivity contribution in [1.82, 2.24) is 0 Å². The number of nitrogens with two attached hydrogens (primary N) is 1. The van der Waals surface area contributed by atoms with Gasteiger partial charge in [-0.3, -0.25) is 4.79 Å². The Hall–Kier alpha value is -3.32. The molecule has 0 saturated carbocycles. The molecule has 0 bridgehead atoms. The van der Waals surface area contributed by atoms with Crippen molar-refractivity contribution in [2.75, 3.05) is 0 Å². The fourth-order valence-corrected chi connectivity index (χ4v) is 5.47. The topological polar surface area (TPSA) is 77.2 Å². The molecule has 0 aliphatic rings. The maximum Gasteiger partial charge on any atom is 0.238 e. The Morgan fingerprint density at radius 1 is 0.710 bits per heavy atom. The van der Waals surface area contributed by atoms with E-state index in [4.69, 9.17) is 5.14 Å². The average Bonchev–Trinajstić information content (AvgIpc) is 2.78. The molecule has 0 amide bonds. The van der Waals surface area contributed by atoms with Crippen molar-refractivity contribution in [2.24, 2.45) is 5.14 Å². The van der Waals surface area contributed by atoms with Gasteiger partial charge in [-0.25, -0.2) is 13.6 Å². The van der Waals surface area contributed by atoms with Gasteiger partial charge in [-0.1, -0.05) is 60.7 Å². The molecular weight excluding hydrogens is 426 g/mol. The molecule has 0 aliphatic carbocycles. The van der Waals surface area contributed by atoms with Crippen LogP contribution in [0.2, 0.25) is 0 Å². The van der Waals surface area contributed by atoms with Gasteiger partial charge in [0.25, 0.3) is 0 Å². The average molecular weight is 444 g/mol. The van der Waals surface area contributed by atoms with Crippen LogP contribution in [0.25, 0.3) is 42.4 Å². The Morgan fingerprint density at radius 2 is 1.35 bits per heavy atom. The third-order valence-corrected chi connectivity index (χ3v) is 7.43. The van der Waals surface area contributed by atoms with E-state index in [0.717, 1.165) is 31.5 Å². The molecule has 4 nitrogen and oxygen atoms in total. The Kier molecular flexibility index (Phi) is 4.70. The Labute approximate surface area is 183 Å². The zero-order valence-electron chi connectivity index (χ0n) is 16.3. The predicted molar refractivity (Wildman–Crippen MR) is 128 cm³/mol. The van der Waals surface area contributed by atoms with Crippen LogP contribution in [0.3, 0.4) is 0 Å². The number of rotatable bonds is 3. The summed E-state index contributed by atoms with van der Waals surface area (Å²) in [6.45, 7) is 0. The van der Waals surface area contributed by atoms with Crippen LogP contribution in [0.5, 0.6) is 0 Å². The van der Waals surface area contributed by atoms with Crippen LogP contribution in [0, 0.1) is 0 Å². The molecule has 31 heavy (non-hydrogen) atoms. The van der Waals surface area contributed by atoms with Crippen molar-refractivity contribution in [3.05, 3.63) is 101 Å². The molecule has 6 heteroatoms. The highest BCUT2D eigenvalue weighted by Gasteiger charge is 2.17. The lowest BCUT2D eigenvalue weighted by Gasteiger charge is -2.12. The van der Waals surface area contributed by atoms with Gasteiger partial charge in [0, 0.05) is 20.5 Å². The third kappa shape index (κ3) is 3.55. The summed E-state index contributed by atoms with van der Waals surface area (Å²) in [6, 6.07) is 27.9. The van der Waals surface area contributed by atoms with E-state index >= 15 is 0 Å². The van der Waals surface area contributed by atoms with Gasteiger partial charge in [0.05, 0.1) is 4.90 Å². The summed E-state index contributed by atoms with van der Waals surface area (Å²) in [4.78, 5) is 14.4. The van der Waals surface area contributed by atoms with E-state index in [0.29, 0.717) is 10.9 Å². The molecule has 2 N–H and O–H groups in total. The van der Waals surface area contributed by atoms with Crippen molar-refractivity contribution in [2.45, 2.75) is 4.90 Å². The van der Waals surface area contributed by atoms with Crippen molar-refractivity contribution in [3.8, 4) is 21.6 Å². The second-order valence-corrected chi connectivity index (χ2v) is 9.88. The van der Waals surface area contributed by atoms with Gasteiger partial charge in [-0.15, -0.1) is 11.3 Å². The number of primary sulfonamides is 1. The maximum absolute atomic E-state index is 13.6. The van der Waals surface area contributed by atoms with E-state index in [1.807, 2.05) is 66.7 Å². The number of hydrogen-bond donors (Lipinski definition) is 1. The van der Waals surface area contributed by atoms with Crippen molar-refractivity contribution < 1.29 is 8.42 Å². The van der Waals surface area contributed by atoms with E-state index in [1.54, 1.807) is 12.1 Å². The van der Waals surface area contributed by atoms with Crippen molar-refractivity contribution >= 4 is 42.2 Å². The van der Waals surface area contributed by atoms with Crippen LogP contribution in [0.4, 0.5) is 0 Å². The smallest absolute Gasteiger partial charge is 0.238 e. The molecule has 0 atom stereocenters. The van der Waals surface area contributed by atoms with Crippen molar-refractivity contribution in [1.29, 1.82) is 0 Å². The SMILES string of the molecule is NS(=O)(=O)c1ccc(-c2sc3ccccc3c(=O)c2-c2ccc3ccccc3c2)cc1. The van der Waals surface area contributed by atoms with E-state index in [-0.39, 0.29) is 10.3 Å². The van der Waals surface area contributed by atoms with E-state index in [9.17, 15) is 13.2 Å². The zero-order chi connectivity index (χ0) is 21.6. The van der Waals surface area contributed by atoms with Gasteiger partial charge in [-0.2, -0.15) is 0 Å². The van der Waals surface area contributed by atoms with Gasteiger partial charge in [0.1, 0.15) is 0 Å². The normalized spacial score (nSPS) is 11.8. The second kappa shape index (κ2) is 7.42. The summed E-state index contributed by atoms with van der Waals surface area (Å²) in [5.74, 6) is 0. The highest BCUT2D eigenvalue weighted by atomic mass is 32.2. The Morgan fingerprint density at radius 3 is 2.10 bits per heavy atom. The monoisotopic (exact) mass is 443 g/mol. The number of benzene rings is 4. The largest absolute Gasteiger partial charge is 0.288 e. The molecule has 5 aromatic rings. The van der Waals surface area contributed by atoms with Crippen LogP contribution < -0.4 is 10.6 Å². The molecule has 5 rings (SSSR count). The van der Waals surface area contributed by atoms with Crippen LogP contribution in [0.1, 0.15) is 0 Å². The van der Waals surface area contributed by atoms with Gasteiger partial charge in [0.2, 0.25) is 10.0 Å². The van der Waals surface area contributed by atoms with Crippen LogP contribution >= 0.6 is 11.3 Å². The lowest BCUT2D eigenvalue weighted by molar-refractivity contribution is 0.598. The summed E-state index contributed by atoms with van der Waals surface area (Å²) in [6.07, 6.45) is 0. The predicted octanol–water partition coefficient (Wildman–Crippen LogP) is 5.40. The lowest BCUT2D eigenvalue weighted by Crippen LogP contribution is -2.11. The van der Waals surface area contributed by atoms with Crippen LogP contribution in [-0.4, -0.2) is 8.42 Å². The zero-order valence-corrected chi connectivity index (χ0v) is 17.9. The summed E-state index contributed by atoms with van der Waals surface area (Å²) in [5.41, 5.74) is 2.16. The second-order valence-electron chi connectivity index (χ2n) is 7.26. The van der Waals surface area contributed by atoms with Gasteiger partial charge < -0.3 is 0 Å². The fraction of sp³-hybridized carbons (Fsp3) is 0. The molecule has 0 saturated heterocycles. The first-order chi connectivity index (χ1) is 14.9. The Bertz CT molecular complexity index is 1620. The maximum atomic E-state index is 13.6. The first kappa shape index (κ1) is 19.6. The van der Waals surface area contributed by atoms with Crippen LogP contribution in [0.15, 0.2) is 101 Å². The van der Waals surface area contributed by atoms with Gasteiger partial charge in [-0.05, 0) is 52.2 Å². The highest BCUT2D eigenvalue weighted by molar-refractivity contribution is 7.89. The number of fused-ring (bicyclic) bond motifs is 2. The summed E-state index contributed by atoms with van der Waals surface area (Å²) < 4.78 is 24.2. The molecule has 1 heterocycles. The third-order valence-electron chi connectivity index (χ3n) is 5.28. The number of hydrogen-bond acceptors (Lipinski definition) is 4.